The Balaban J connectivity index is 1.40. The number of Topliss-reactive ketones (excluding diaryl/α,β-unsaturated/α-hetero) is 1. The van der Waals surface area contributed by atoms with Gasteiger partial charge in [0.05, 0.1) is 23.2 Å². The van der Waals surface area contributed by atoms with Gasteiger partial charge in [0.15, 0.2) is 0 Å². The fourth-order valence-corrected chi connectivity index (χ4v) is 10.4. The van der Waals surface area contributed by atoms with E-state index in [2.05, 4.69) is 0 Å². The summed E-state index contributed by atoms with van der Waals surface area (Å²) in [5.41, 5.74) is -4.11. The maximum atomic E-state index is 14.0. The molecule has 0 aromatic rings. The second-order valence-electron chi connectivity index (χ2n) is 14.3. The minimum absolute atomic E-state index is 0.0213. The lowest BCUT2D eigenvalue weighted by atomic mass is 9.42. The summed E-state index contributed by atoms with van der Waals surface area (Å²) < 4.78 is 24.0. The van der Waals surface area contributed by atoms with Gasteiger partial charge in [0.2, 0.25) is 0 Å². The molecule has 0 aromatic carbocycles. The van der Waals surface area contributed by atoms with Crippen molar-refractivity contribution in [2.75, 3.05) is 6.61 Å². The molecule has 1 spiro atoms. The Morgan fingerprint density at radius 2 is 1.83 bits per heavy atom. The molecule has 228 valence electrons. The molecule has 4 saturated carbocycles. The van der Waals surface area contributed by atoms with E-state index in [9.17, 15) is 24.6 Å². The number of epoxide rings is 1. The lowest BCUT2D eigenvalue weighted by Crippen LogP contribution is -2.71. The number of fused-ring (bicyclic) bond motifs is 4. The number of ketones is 1. The third-order valence-electron chi connectivity index (χ3n) is 13.0. The molecule has 41 heavy (non-hydrogen) atoms. The van der Waals surface area contributed by atoms with E-state index in [1.807, 2.05) is 34.6 Å². The van der Waals surface area contributed by atoms with E-state index in [0.29, 0.717) is 50.7 Å². The molecule has 0 bridgehead atoms. The average Bonchev–Trinajstić information content (AvgIpc) is 3.57. The van der Waals surface area contributed by atoms with Crippen molar-refractivity contribution in [1.29, 1.82) is 0 Å². The topological polar surface area (TPSA) is 132 Å². The zero-order valence-electron chi connectivity index (χ0n) is 25.5. The van der Waals surface area contributed by atoms with E-state index in [1.54, 1.807) is 6.92 Å². The Hall–Kier alpha value is -1.81. The van der Waals surface area contributed by atoms with Gasteiger partial charge in [0.1, 0.15) is 29.2 Å². The summed E-state index contributed by atoms with van der Waals surface area (Å²) in [5, 5.41) is 25.7. The van der Waals surface area contributed by atoms with E-state index in [4.69, 9.17) is 18.9 Å². The number of esters is 2. The molecule has 4 aliphatic carbocycles. The molecule has 0 amide bonds. The summed E-state index contributed by atoms with van der Waals surface area (Å²) in [6, 6.07) is 0. The summed E-state index contributed by atoms with van der Waals surface area (Å²) in [5.74, 6) is -1.99. The number of aliphatic hydroxyl groups is 2. The molecule has 0 radical (unpaired) electrons. The SMILES string of the molecule is CCO[C@H]1CC(=O)[C@]2(C)[C@H]3CC[C@@]4(C)[C@](O)([C@@H](OC(C)=O)C[C@@]4(O)[C@H](C)[C@H]4CC(C)=C(C)C(=O)O4)[C@@H]3C[C@H]3O[C@]32C1. The molecule has 9 nitrogen and oxygen atoms in total. The molecule has 2 N–H and O–H groups in total. The van der Waals surface area contributed by atoms with Crippen LogP contribution in [0.25, 0.3) is 0 Å². The Bertz CT molecular complexity index is 1210. The molecule has 1 saturated heterocycles. The van der Waals surface area contributed by atoms with Crippen LogP contribution in [-0.4, -0.2) is 75.8 Å². The predicted molar refractivity (Wildman–Crippen MR) is 146 cm³/mol. The number of hydrogen-bond donors (Lipinski definition) is 2. The summed E-state index contributed by atoms with van der Waals surface area (Å²) in [6.45, 7) is 13.2. The number of hydrogen-bond acceptors (Lipinski definition) is 9. The molecule has 9 heteroatoms. The highest BCUT2D eigenvalue weighted by atomic mass is 16.6. The third-order valence-corrected chi connectivity index (χ3v) is 13.0. The van der Waals surface area contributed by atoms with Crippen molar-refractivity contribution < 1.29 is 43.5 Å². The van der Waals surface area contributed by atoms with Crippen LogP contribution >= 0.6 is 0 Å². The van der Waals surface area contributed by atoms with Gasteiger partial charge in [-0.15, -0.1) is 0 Å². The molecule has 6 rings (SSSR count). The average molecular weight is 575 g/mol. The van der Waals surface area contributed by atoms with Crippen molar-refractivity contribution in [3.63, 3.8) is 0 Å². The van der Waals surface area contributed by atoms with Gasteiger partial charge < -0.3 is 29.2 Å². The molecule has 0 aromatic heterocycles. The first-order valence-corrected chi connectivity index (χ1v) is 15.4. The van der Waals surface area contributed by atoms with Crippen LogP contribution in [0.1, 0.15) is 93.4 Å². The predicted octanol–water partition coefficient (Wildman–Crippen LogP) is 3.42. The molecule has 5 fully saturated rings. The van der Waals surface area contributed by atoms with E-state index in [1.165, 1.54) is 6.92 Å². The maximum absolute atomic E-state index is 14.0. The highest BCUT2D eigenvalue weighted by Gasteiger charge is 2.84. The molecule has 0 unspecified atom stereocenters. The number of carbonyl (C=O) groups excluding carboxylic acids is 3. The van der Waals surface area contributed by atoms with Crippen molar-refractivity contribution >= 4 is 17.7 Å². The summed E-state index contributed by atoms with van der Waals surface area (Å²) in [7, 11) is 0. The number of carbonyl (C=O) groups is 3. The van der Waals surface area contributed by atoms with Crippen LogP contribution in [-0.2, 0) is 33.3 Å². The van der Waals surface area contributed by atoms with Crippen LogP contribution in [0.4, 0.5) is 0 Å². The maximum Gasteiger partial charge on any atom is 0.333 e. The first-order chi connectivity index (χ1) is 19.1. The van der Waals surface area contributed by atoms with Gasteiger partial charge in [0.25, 0.3) is 0 Å². The first-order valence-electron chi connectivity index (χ1n) is 15.4. The van der Waals surface area contributed by atoms with Crippen LogP contribution in [0.2, 0.25) is 0 Å². The van der Waals surface area contributed by atoms with E-state index >= 15 is 0 Å². The van der Waals surface area contributed by atoms with Crippen molar-refractivity contribution in [3.8, 4) is 0 Å². The Morgan fingerprint density at radius 1 is 1.12 bits per heavy atom. The smallest absolute Gasteiger partial charge is 0.333 e. The van der Waals surface area contributed by atoms with Gasteiger partial charge >= 0.3 is 11.9 Å². The van der Waals surface area contributed by atoms with Gasteiger partial charge in [-0.2, -0.15) is 0 Å². The molecule has 6 aliphatic rings. The second-order valence-corrected chi connectivity index (χ2v) is 14.3. The van der Waals surface area contributed by atoms with Gasteiger partial charge in [-0.05, 0) is 58.8 Å². The van der Waals surface area contributed by atoms with Crippen molar-refractivity contribution in [3.05, 3.63) is 11.1 Å². The normalized spacial score (nSPS) is 51.1. The summed E-state index contributed by atoms with van der Waals surface area (Å²) >= 11 is 0. The lowest BCUT2D eigenvalue weighted by molar-refractivity contribution is -0.258. The molecule has 12 atom stereocenters. The number of cyclic esters (lactones) is 1. The Labute approximate surface area is 242 Å². The van der Waals surface area contributed by atoms with Crippen LogP contribution in [0, 0.1) is 28.6 Å². The third kappa shape index (κ3) is 3.52. The fraction of sp³-hybridized carbons (Fsp3) is 0.844. The van der Waals surface area contributed by atoms with Crippen LogP contribution in [0.15, 0.2) is 11.1 Å². The lowest BCUT2D eigenvalue weighted by Gasteiger charge is -2.63. The summed E-state index contributed by atoms with van der Waals surface area (Å²) in [4.78, 5) is 39.0. The van der Waals surface area contributed by atoms with Gasteiger partial charge in [-0.25, -0.2) is 4.79 Å². The standard InChI is InChI=1S/C32H46O9/c1-8-38-20-12-24(34)29(7)21-9-10-28(6)30(36,18(4)23-11-16(2)17(3)27(35)40-23)15-26(39-19(5)33)32(28,37)22(21)13-25-31(29,14-20)41-25/h18,20-23,25-26,36-37H,8-15H2,1-7H3/t18-,20+,21+,22-,23-,25-,26+,28-,29+,30-,31-,32-/m1/s1. The fourth-order valence-electron chi connectivity index (χ4n) is 10.4. The van der Waals surface area contributed by atoms with Crippen molar-refractivity contribution in [2.24, 2.45) is 28.6 Å². The highest BCUT2D eigenvalue weighted by Crippen LogP contribution is 2.75. The minimum atomic E-state index is -1.61. The van der Waals surface area contributed by atoms with Crippen LogP contribution < -0.4 is 0 Å². The van der Waals surface area contributed by atoms with E-state index < -0.39 is 63.6 Å². The van der Waals surface area contributed by atoms with Crippen molar-refractivity contribution in [1.82, 2.24) is 0 Å². The van der Waals surface area contributed by atoms with E-state index in [0.717, 1.165) is 5.57 Å². The zero-order chi connectivity index (χ0) is 29.9. The van der Waals surface area contributed by atoms with Crippen molar-refractivity contribution in [2.45, 2.75) is 135 Å². The highest BCUT2D eigenvalue weighted by molar-refractivity contribution is 5.90. The van der Waals surface area contributed by atoms with Crippen LogP contribution in [0.5, 0.6) is 0 Å². The zero-order valence-corrected chi connectivity index (χ0v) is 25.5. The molecule has 2 heterocycles. The number of ether oxygens (including phenoxy) is 4. The van der Waals surface area contributed by atoms with E-state index in [-0.39, 0.29) is 30.3 Å². The second kappa shape index (κ2) is 9.10. The first kappa shape index (κ1) is 29.3. The van der Waals surface area contributed by atoms with Gasteiger partial charge in [-0.1, -0.05) is 19.4 Å². The van der Waals surface area contributed by atoms with Gasteiger partial charge in [-0.3, -0.25) is 9.59 Å². The van der Waals surface area contributed by atoms with Crippen LogP contribution in [0.3, 0.4) is 0 Å². The molecular weight excluding hydrogens is 528 g/mol. The Morgan fingerprint density at radius 3 is 2.46 bits per heavy atom. The Kier molecular flexibility index (Phi) is 6.50. The monoisotopic (exact) mass is 574 g/mol. The molecular formula is C32H46O9. The largest absolute Gasteiger partial charge is 0.459 e. The minimum Gasteiger partial charge on any atom is -0.459 e. The van der Waals surface area contributed by atoms with Gasteiger partial charge in [0, 0.05) is 56.1 Å². The molecule has 2 aliphatic heterocycles. The number of rotatable bonds is 5. The summed E-state index contributed by atoms with van der Waals surface area (Å²) in [6.07, 6.45) is 1.09. The quantitative estimate of drug-likeness (QED) is 0.374.